The summed E-state index contributed by atoms with van der Waals surface area (Å²) in [6.45, 7) is 1.37. The second kappa shape index (κ2) is 8.88. The first-order valence-corrected chi connectivity index (χ1v) is 9.33. The maximum absolute atomic E-state index is 12.9. The van der Waals surface area contributed by atoms with E-state index in [2.05, 4.69) is 5.32 Å². The van der Waals surface area contributed by atoms with E-state index in [1.165, 1.54) is 62.6 Å². The Morgan fingerprint density at radius 3 is 2.42 bits per heavy atom. The molecular weight excluding hydrogens is 428 g/mol. The molecule has 0 saturated carbocycles. The number of carboxylic acids is 1. The third-order valence-corrected chi connectivity index (χ3v) is 4.59. The van der Waals surface area contributed by atoms with Gasteiger partial charge in [0, 0.05) is 5.02 Å². The fourth-order valence-corrected chi connectivity index (χ4v) is 2.89. The van der Waals surface area contributed by atoms with Gasteiger partial charge in [0.1, 0.15) is 5.57 Å². The zero-order valence-electron chi connectivity index (χ0n) is 16.4. The average molecular weight is 445 g/mol. The number of anilines is 1. The lowest BCUT2D eigenvalue weighted by Gasteiger charge is -2.26. The van der Waals surface area contributed by atoms with Gasteiger partial charge in [-0.2, -0.15) is 0 Å². The van der Waals surface area contributed by atoms with Gasteiger partial charge < -0.3 is 14.6 Å². The summed E-state index contributed by atoms with van der Waals surface area (Å²) < 4.78 is 10.5. The van der Waals surface area contributed by atoms with Gasteiger partial charge in [-0.05, 0) is 55.0 Å². The summed E-state index contributed by atoms with van der Waals surface area (Å²) in [7, 11) is 1.37. The normalized spacial score (nSPS) is 16.2. The standard InChI is InChI=1S/C21H17ClN2O7/c1-11(20(27)28)31-16-8-3-12(10-17(16)30-2)9-15-18(25)23-21(29)24(19(15)26)14-6-4-13(22)5-7-14/h3-11H,1-2H3,(H,27,28)(H,23,25,29)/b15-9+/t11-/m0/s1. The van der Waals surface area contributed by atoms with Crippen molar-refractivity contribution in [3.05, 3.63) is 58.6 Å². The first-order chi connectivity index (χ1) is 14.7. The summed E-state index contributed by atoms with van der Waals surface area (Å²) in [5, 5.41) is 11.5. The van der Waals surface area contributed by atoms with Crippen molar-refractivity contribution in [1.29, 1.82) is 0 Å². The van der Waals surface area contributed by atoms with Gasteiger partial charge in [-0.25, -0.2) is 14.5 Å². The lowest BCUT2D eigenvalue weighted by molar-refractivity contribution is -0.144. The number of carbonyl (C=O) groups is 4. The Morgan fingerprint density at radius 1 is 1.13 bits per heavy atom. The number of imide groups is 2. The molecular formula is C21H17ClN2O7. The second-order valence-corrected chi connectivity index (χ2v) is 6.88. The first kappa shape index (κ1) is 21.8. The summed E-state index contributed by atoms with van der Waals surface area (Å²) in [5.41, 5.74) is 0.370. The smallest absolute Gasteiger partial charge is 0.344 e. The quantitative estimate of drug-likeness (QED) is 0.518. The molecule has 0 bridgehead atoms. The molecule has 1 fully saturated rings. The van der Waals surface area contributed by atoms with Crippen LogP contribution in [0.5, 0.6) is 11.5 Å². The number of methoxy groups -OCH3 is 1. The Bertz CT molecular complexity index is 1100. The molecule has 0 radical (unpaired) electrons. The highest BCUT2D eigenvalue weighted by atomic mass is 35.5. The zero-order chi connectivity index (χ0) is 22.7. The molecule has 2 N–H and O–H groups in total. The highest BCUT2D eigenvalue weighted by Gasteiger charge is 2.36. The van der Waals surface area contributed by atoms with E-state index in [0.29, 0.717) is 10.6 Å². The molecule has 31 heavy (non-hydrogen) atoms. The van der Waals surface area contributed by atoms with Gasteiger partial charge in [-0.3, -0.25) is 14.9 Å². The zero-order valence-corrected chi connectivity index (χ0v) is 17.2. The number of hydrogen-bond acceptors (Lipinski definition) is 6. The van der Waals surface area contributed by atoms with Crippen molar-refractivity contribution >= 4 is 47.2 Å². The van der Waals surface area contributed by atoms with Crippen LogP contribution in [0.3, 0.4) is 0 Å². The predicted molar refractivity (Wildman–Crippen MR) is 111 cm³/mol. The van der Waals surface area contributed by atoms with Gasteiger partial charge in [-0.15, -0.1) is 0 Å². The van der Waals surface area contributed by atoms with E-state index >= 15 is 0 Å². The molecule has 2 aromatic rings. The minimum atomic E-state index is -1.15. The van der Waals surface area contributed by atoms with Crippen LogP contribution >= 0.6 is 11.6 Å². The summed E-state index contributed by atoms with van der Waals surface area (Å²) >= 11 is 5.85. The van der Waals surface area contributed by atoms with Crippen molar-refractivity contribution in [2.75, 3.05) is 12.0 Å². The van der Waals surface area contributed by atoms with Crippen LogP contribution in [0.15, 0.2) is 48.0 Å². The first-order valence-electron chi connectivity index (χ1n) is 8.95. The summed E-state index contributed by atoms with van der Waals surface area (Å²) in [6.07, 6.45) is 0.183. The van der Waals surface area contributed by atoms with Crippen molar-refractivity contribution < 1.29 is 33.8 Å². The predicted octanol–water partition coefficient (Wildman–Crippen LogP) is 2.87. The van der Waals surface area contributed by atoms with E-state index in [-0.39, 0.29) is 22.8 Å². The Hall–Kier alpha value is -3.85. The molecule has 3 rings (SSSR count). The molecule has 1 heterocycles. The van der Waals surface area contributed by atoms with Gasteiger partial charge >= 0.3 is 12.0 Å². The number of hydrogen-bond donors (Lipinski definition) is 2. The number of halogens is 1. The molecule has 9 nitrogen and oxygen atoms in total. The highest BCUT2D eigenvalue weighted by molar-refractivity contribution is 6.39. The number of rotatable bonds is 6. The van der Waals surface area contributed by atoms with E-state index in [1.54, 1.807) is 0 Å². The topological polar surface area (TPSA) is 122 Å². The Kier molecular flexibility index (Phi) is 6.26. The molecule has 1 saturated heterocycles. The van der Waals surface area contributed by atoms with Gasteiger partial charge in [0.15, 0.2) is 17.6 Å². The van der Waals surface area contributed by atoms with Crippen molar-refractivity contribution in [2.24, 2.45) is 0 Å². The maximum Gasteiger partial charge on any atom is 0.344 e. The minimum absolute atomic E-state index is 0.178. The van der Waals surface area contributed by atoms with Crippen LogP contribution in [0.25, 0.3) is 6.08 Å². The molecule has 1 atom stereocenters. The summed E-state index contributed by atoms with van der Waals surface area (Å²) in [6, 6.07) is 9.55. The van der Waals surface area contributed by atoms with Crippen LogP contribution in [0.2, 0.25) is 5.02 Å². The third-order valence-electron chi connectivity index (χ3n) is 4.34. The van der Waals surface area contributed by atoms with Gasteiger partial charge in [-0.1, -0.05) is 17.7 Å². The Morgan fingerprint density at radius 2 is 1.81 bits per heavy atom. The molecule has 0 spiro atoms. The molecule has 0 aliphatic carbocycles. The Labute approximate surface area is 181 Å². The number of ether oxygens (including phenoxy) is 2. The summed E-state index contributed by atoms with van der Waals surface area (Å²) in [5.74, 6) is -2.42. The molecule has 160 valence electrons. The number of urea groups is 1. The molecule has 10 heteroatoms. The monoisotopic (exact) mass is 444 g/mol. The van der Waals surface area contributed by atoms with Crippen LogP contribution in [0, 0.1) is 0 Å². The number of nitrogens with zero attached hydrogens (tertiary/aromatic N) is 1. The fourth-order valence-electron chi connectivity index (χ4n) is 2.76. The average Bonchev–Trinajstić information content (AvgIpc) is 2.73. The van der Waals surface area contributed by atoms with E-state index < -0.39 is 29.9 Å². The van der Waals surface area contributed by atoms with Crippen LogP contribution in [-0.4, -0.2) is 42.1 Å². The van der Waals surface area contributed by atoms with Crippen molar-refractivity contribution in [3.63, 3.8) is 0 Å². The van der Waals surface area contributed by atoms with Crippen LogP contribution in [-0.2, 0) is 14.4 Å². The number of barbiturate groups is 1. The lowest BCUT2D eigenvalue weighted by atomic mass is 10.1. The molecule has 1 aliphatic heterocycles. The van der Waals surface area contributed by atoms with Gasteiger partial charge in [0.25, 0.3) is 11.8 Å². The van der Waals surface area contributed by atoms with Crippen molar-refractivity contribution in [2.45, 2.75) is 13.0 Å². The molecule has 4 amide bonds. The van der Waals surface area contributed by atoms with Gasteiger partial charge in [0.2, 0.25) is 0 Å². The fraction of sp³-hybridized carbons (Fsp3) is 0.143. The highest BCUT2D eigenvalue weighted by Crippen LogP contribution is 2.31. The van der Waals surface area contributed by atoms with E-state index in [1.807, 2.05) is 0 Å². The van der Waals surface area contributed by atoms with Crippen molar-refractivity contribution in [3.8, 4) is 11.5 Å². The van der Waals surface area contributed by atoms with Crippen LogP contribution in [0.4, 0.5) is 10.5 Å². The molecule has 0 unspecified atom stereocenters. The molecule has 0 aromatic heterocycles. The SMILES string of the molecule is COc1cc(/C=C2\C(=O)NC(=O)N(c3ccc(Cl)cc3)C2=O)ccc1O[C@@H](C)C(=O)O. The molecule has 2 aromatic carbocycles. The third kappa shape index (κ3) is 4.67. The number of amides is 4. The largest absolute Gasteiger partial charge is 0.493 e. The number of benzene rings is 2. The summed E-state index contributed by atoms with van der Waals surface area (Å²) in [4.78, 5) is 49.3. The minimum Gasteiger partial charge on any atom is -0.493 e. The van der Waals surface area contributed by atoms with Crippen molar-refractivity contribution in [1.82, 2.24) is 5.32 Å². The number of nitrogens with one attached hydrogen (secondary N) is 1. The lowest BCUT2D eigenvalue weighted by Crippen LogP contribution is -2.54. The maximum atomic E-state index is 12.9. The Balaban J connectivity index is 1.94. The number of carboxylic acid groups (broad SMARTS) is 1. The van der Waals surface area contributed by atoms with E-state index in [0.717, 1.165) is 4.90 Å². The van der Waals surface area contributed by atoms with Crippen LogP contribution < -0.4 is 19.7 Å². The van der Waals surface area contributed by atoms with E-state index in [4.69, 9.17) is 26.2 Å². The number of carbonyl (C=O) groups excluding carboxylic acids is 3. The van der Waals surface area contributed by atoms with Gasteiger partial charge in [0.05, 0.1) is 12.8 Å². The molecule has 1 aliphatic rings. The number of aliphatic carboxylic acids is 1. The van der Waals surface area contributed by atoms with E-state index in [9.17, 15) is 19.2 Å². The van der Waals surface area contributed by atoms with Crippen LogP contribution in [0.1, 0.15) is 12.5 Å². The second-order valence-electron chi connectivity index (χ2n) is 6.44.